The van der Waals surface area contributed by atoms with Crippen molar-refractivity contribution >= 4 is 5.97 Å². The molecular formula is C16H19NO3. The van der Waals surface area contributed by atoms with Gasteiger partial charge in [0.25, 0.3) is 0 Å². The summed E-state index contributed by atoms with van der Waals surface area (Å²) in [5.74, 6) is -0.0896. The molecule has 0 aliphatic carbocycles. The minimum absolute atomic E-state index is 0.0812. The molecule has 1 N–H and O–H groups in total. The molecule has 0 unspecified atom stereocenters. The molecule has 20 heavy (non-hydrogen) atoms. The Morgan fingerprint density at radius 3 is 2.35 bits per heavy atom. The van der Waals surface area contributed by atoms with Crippen molar-refractivity contribution in [1.82, 2.24) is 4.57 Å². The summed E-state index contributed by atoms with van der Waals surface area (Å²) < 4.78 is 7.25. The van der Waals surface area contributed by atoms with Crippen LogP contribution in [0, 0.1) is 0 Å². The van der Waals surface area contributed by atoms with Crippen molar-refractivity contribution in [2.24, 2.45) is 0 Å². The first-order chi connectivity index (χ1) is 9.54. The second-order valence-electron chi connectivity index (χ2n) is 4.83. The number of carboxylic acid groups (broad SMARTS) is 1. The molecule has 0 radical (unpaired) electrons. The molecule has 0 saturated carbocycles. The van der Waals surface area contributed by atoms with E-state index in [1.165, 1.54) is 0 Å². The molecular weight excluding hydrogens is 254 g/mol. The number of nitrogens with zero attached hydrogens (tertiary/aromatic N) is 1. The molecule has 1 aromatic heterocycles. The third-order valence-corrected chi connectivity index (χ3v) is 3.11. The third kappa shape index (κ3) is 2.69. The largest absolute Gasteiger partial charge is 0.494 e. The van der Waals surface area contributed by atoms with E-state index >= 15 is 0 Å². The number of benzene rings is 1. The molecule has 0 aliphatic heterocycles. The third-order valence-electron chi connectivity index (χ3n) is 3.11. The molecule has 0 atom stereocenters. The predicted molar refractivity (Wildman–Crippen MR) is 78.4 cm³/mol. The van der Waals surface area contributed by atoms with Crippen LogP contribution in [0.3, 0.4) is 0 Å². The van der Waals surface area contributed by atoms with Crippen LogP contribution in [0.5, 0.6) is 5.75 Å². The van der Waals surface area contributed by atoms with Gasteiger partial charge in [0.2, 0.25) is 0 Å². The van der Waals surface area contributed by atoms with Crippen LogP contribution in [0.15, 0.2) is 36.4 Å². The van der Waals surface area contributed by atoms with Gasteiger partial charge in [-0.15, -0.1) is 0 Å². The molecule has 2 rings (SSSR count). The van der Waals surface area contributed by atoms with E-state index in [1.54, 1.807) is 6.07 Å². The van der Waals surface area contributed by atoms with E-state index in [9.17, 15) is 9.90 Å². The Hall–Kier alpha value is -2.23. The SMILES string of the molecule is CCOc1ccc(-c2ccc(C(=O)O)n2C(C)C)cc1. The second kappa shape index (κ2) is 5.82. The Balaban J connectivity index is 2.44. The van der Waals surface area contributed by atoms with Gasteiger partial charge in [-0.3, -0.25) is 0 Å². The lowest BCUT2D eigenvalue weighted by Crippen LogP contribution is -2.11. The fraction of sp³-hybridized carbons (Fsp3) is 0.312. The van der Waals surface area contributed by atoms with Gasteiger partial charge in [0.1, 0.15) is 11.4 Å². The fourth-order valence-corrected chi connectivity index (χ4v) is 2.30. The molecule has 1 aromatic carbocycles. The van der Waals surface area contributed by atoms with Crippen LogP contribution in [0.25, 0.3) is 11.3 Å². The van der Waals surface area contributed by atoms with E-state index in [4.69, 9.17) is 4.74 Å². The lowest BCUT2D eigenvalue weighted by Gasteiger charge is -2.16. The van der Waals surface area contributed by atoms with Gasteiger partial charge in [-0.2, -0.15) is 0 Å². The Morgan fingerprint density at radius 1 is 1.20 bits per heavy atom. The van der Waals surface area contributed by atoms with Crippen LogP contribution in [0.4, 0.5) is 0 Å². The van der Waals surface area contributed by atoms with Crippen molar-refractivity contribution in [2.75, 3.05) is 6.61 Å². The van der Waals surface area contributed by atoms with Crippen molar-refractivity contribution in [3.05, 3.63) is 42.1 Å². The zero-order valence-corrected chi connectivity index (χ0v) is 12.0. The summed E-state index contributed by atoms with van der Waals surface area (Å²) in [4.78, 5) is 11.3. The second-order valence-corrected chi connectivity index (χ2v) is 4.83. The Morgan fingerprint density at radius 2 is 1.85 bits per heavy atom. The summed E-state index contributed by atoms with van der Waals surface area (Å²) in [6.45, 7) is 6.52. The van der Waals surface area contributed by atoms with Crippen LogP contribution in [0.1, 0.15) is 37.3 Å². The van der Waals surface area contributed by atoms with Crippen LogP contribution >= 0.6 is 0 Å². The van der Waals surface area contributed by atoms with Crippen molar-refractivity contribution in [3.63, 3.8) is 0 Å². The van der Waals surface area contributed by atoms with E-state index in [-0.39, 0.29) is 6.04 Å². The minimum Gasteiger partial charge on any atom is -0.494 e. The zero-order valence-electron chi connectivity index (χ0n) is 12.0. The highest BCUT2D eigenvalue weighted by molar-refractivity contribution is 5.87. The highest BCUT2D eigenvalue weighted by Crippen LogP contribution is 2.28. The Labute approximate surface area is 118 Å². The minimum atomic E-state index is -0.907. The number of carboxylic acids is 1. The molecule has 0 spiro atoms. The van der Waals surface area contributed by atoms with Gasteiger partial charge in [0.15, 0.2) is 0 Å². The summed E-state index contributed by atoms with van der Waals surface area (Å²) in [6, 6.07) is 11.3. The van der Waals surface area contributed by atoms with Gasteiger partial charge >= 0.3 is 5.97 Å². The number of aromatic nitrogens is 1. The molecule has 1 heterocycles. The number of aromatic carboxylic acids is 1. The molecule has 4 heteroatoms. The molecule has 0 bridgehead atoms. The number of carbonyl (C=O) groups is 1. The van der Waals surface area contributed by atoms with Crippen molar-refractivity contribution in [1.29, 1.82) is 0 Å². The van der Waals surface area contributed by atoms with Gasteiger partial charge in [-0.1, -0.05) is 0 Å². The maximum atomic E-state index is 11.3. The normalized spacial score (nSPS) is 10.8. The summed E-state index contributed by atoms with van der Waals surface area (Å²) in [7, 11) is 0. The van der Waals surface area contributed by atoms with E-state index in [0.29, 0.717) is 12.3 Å². The average Bonchev–Trinajstić information content (AvgIpc) is 2.85. The summed E-state index contributed by atoms with van der Waals surface area (Å²) in [6.07, 6.45) is 0. The van der Waals surface area contributed by atoms with Gasteiger partial charge in [0, 0.05) is 11.7 Å². The molecule has 106 valence electrons. The predicted octanol–water partition coefficient (Wildman–Crippen LogP) is 3.83. The van der Waals surface area contributed by atoms with Gasteiger partial charge in [0.05, 0.1) is 6.61 Å². The molecule has 0 fully saturated rings. The maximum absolute atomic E-state index is 11.3. The zero-order chi connectivity index (χ0) is 14.7. The molecule has 4 nitrogen and oxygen atoms in total. The average molecular weight is 273 g/mol. The maximum Gasteiger partial charge on any atom is 0.352 e. The molecule has 0 aliphatic rings. The van der Waals surface area contributed by atoms with Gasteiger partial charge in [-0.05, 0) is 62.7 Å². The van der Waals surface area contributed by atoms with Crippen molar-refractivity contribution in [2.45, 2.75) is 26.8 Å². The topological polar surface area (TPSA) is 51.5 Å². The summed E-state index contributed by atoms with van der Waals surface area (Å²) in [5.41, 5.74) is 2.19. The monoisotopic (exact) mass is 273 g/mol. The quantitative estimate of drug-likeness (QED) is 0.900. The van der Waals surface area contributed by atoms with Gasteiger partial charge in [-0.25, -0.2) is 4.79 Å². The van der Waals surface area contributed by atoms with E-state index in [0.717, 1.165) is 17.0 Å². The first-order valence-electron chi connectivity index (χ1n) is 6.72. The van der Waals surface area contributed by atoms with Crippen LogP contribution in [-0.4, -0.2) is 22.2 Å². The van der Waals surface area contributed by atoms with Crippen LogP contribution in [-0.2, 0) is 0 Å². The van der Waals surface area contributed by atoms with E-state index in [2.05, 4.69) is 0 Å². The summed E-state index contributed by atoms with van der Waals surface area (Å²) in [5, 5.41) is 9.25. The van der Waals surface area contributed by atoms with Crippen LogP contribution < -0.4 is 4.74 Å². The number of hydrogen-bond donors (Lipinski definition) is 1. The highest BCUT2D eigenvalue weighted by Gasteiger charge is 2.17. The van der Waals surface area contributed by atoms with Crippen molar-refractivity contribution < 1.29 is 14.6 Å². The van der Waals surface area contributed by atoms with Gasteiger partial charge < -0.3 is 14.4 Å². The standard InChI is InChI=1S/C16H19NO3/c1-4-20-13-7-5-12(6-8-13)14-9-10-15(16(18)19)17(14)11(2)3/h5-11H,4H2,1-3H3,(H,18,19). The number of rotatable bonds is 5. The summed E-state index contributed by atoms with van der Waals surface area (Å²) >= 11 is 0. The lowest BCUT2D eigenvalue weighted by molar-refractivity contribution is 0.0683. The van der Waals surface area contributed by atoms with Crippen LogP contribution in [0.2, 0.25) is 0 Å². The molecule has 0 amide bonds. The fourth-order valence-electron chi connectivity index (χ4n) is 2.30. The van der Waals surface area contributed by atoms with E-state index < -0.39 is 5.97 Å². The Bertz CT molecular complexity index is 597. The smallest absolute Gasteiger partial charge is 0.352 e. The highest BCUT2D eigenvalue weighted by atomic mass is 16.5. The first-order valence-corrected chi connectivity index (χ1v) is 6.72. The molecule has 0 saturated heterocycles. The first kappa shape index (κ1) is 14.2. The number of hydrogen-bond acceptors (Lipinski definition) is 2. The molecule has 2 aromatic rings. The number of ether oxygens (including phenoxy) is 1. The van der Waals surface area contributed by atoms with E-state index in [1.807, 2.05) is 55.7 Å². The Kier molecular flexibility index (Phi) is 4.13. The lowest BCUT2D eigenvalue weighted by atomic mass is 10.1. The van der Waals surface area contributed by atoms with Crippen molar-refractivity contribution in [3.8, 4) is 17.0 Å².